The molecule has 1 heterocycles. The van der Waals surface area contributed by atoms with E-state index in [0.29, 0.717) is 11.3 Å². The molecule has 0 aliphatic heterocycles. The highest BCUT2D eigenvalue weighted by molar-refractivity contribution is 5.87. The van der Waals surface area contributed by atoms with Crippen LogP contribution in [-0.4, -0.2) is 38.9 Å². The maximum absolute atomic E-state index is 13.4. The Balaban J connectivity index is 1.72. The maximum Gasteiger partial charge on any atom is 0.413 e. The first-order valence-electron chi connectivity index (χ1n) is 8.92. The monoisotopic (exact) mass is 375 g/mol. The van der Waals surface area contributed by atoms with Crippen molar-refractivity contribution < 1.29 is 27.5 Å². The standard InChI is InChI=1S/C17H21F4N3O2/c1-23-14(24(15(25)26)11-7-17(20,21)8-11)12(9-3-2-4-9)13(22-23)10-5-16(18,19)6-10/h9-11H,2-8H2,1H3,(H,25,26). The Labute approximate surface area is 148 Å². The molecule has 144 valence electrons. The topological polar surface area (TPSA) is 58.4 Å². The summed E-state index contributed by atoms with van der Waals surface area (Å²) in [6.45, 7) is 0. The van der Waals surface area contributed by atoms with E-state index in [4.69, 9.17) is 0 Å². The van der Waals surface area contributed by atoms with Crippen LogP contribution in [0.1, 0.15) is 68.0 Å². The van der Waals surface area contributed by atoms with E-state index in [2.05, 4.69) is 5.10 Å². The smallest absolute Gasteiger partial charge is 0.413 e. The molecular weight excluding hydrogens is 354 g/mol. The van der Waals surface area contributed by atoms with Crippen LogP contribution in [0, 0.1) is 0 Å². The summed E-state index contributed by atoms with van der Waals surface area (Å²) in [5, 5.41) is 14.0. The number of anilines is 1. The van der Waals surface area contributed by atoms with Crippen molar-refractivity contribution in [3.05, 3.63) is 11.3 Å². The average molecular weight is 375 g/mol. The Bertz CT molecular complexity index is 729. The largest absolute Gasteiger partial charge is 0.465 e. The average Bonchev–Trinajstić information content (AvgIpc) is 2.70. The second kappa shape index (κ2) is 5.60. The van der Waals surface area contributed by atoms with Crippen LogP contribution in [0.5, 0.6) is 0 Å². The first-order chi connectivity index (χ1) is 12.1. The van der Waals surface area contributed by atoms with Gasteiger partial charge in [0.05, 0.1) is 11.7 Å². The van der Waals surface area contributed by atoms with Gasteiger partial charge in [0, 0.05) is 44.2 Å². The molecule has 3 fully saturated rings. The molecule has 0 saturated heterocycles. The van der Waals surface area contributed by atoms with Crippen LogP contribution < -0.4 is 4.90 Å². The van der Waals surface area contributed by atoms with Gasteiger partial charge in [0.2, 0.25) is 5.92 Å². The van der Waals surface area contributed by atoms with Crippen molar-refractivity contribution in [3.63, 3.8) is 0 Å². The molecule has 0 atom stereocenters. The van der Waals surface area contributed by atoms with Gasteiger partial charge in [-0.15, -0.1) is 0 Å². The van der Waals surface area contributed by atoms with Crippen molar-refractivity contribution in [3.8, 4) is 0 Å². The Morgan fingerprint density at radius 1 is 1.12 bits per heavy atom. The van der Waals surface area contributed by atoms with E-state index < -0.39 is 42.7 Å². The molecule has 1 aromatic rings. The summed E-state index contributed by atoms with van der Waals surface area (Å²) in [5.74, 6) is -5.62. The van der Waals surface area contributed by atoms with Gasteiger partial charge in [-0.2, -0.15) is 5.10 Å². The number of aryl methyl sites for hydroxylation is 1. The van der Waals surface area contributed by atoms with Gasteiger partial charge < -0.3 is 5.11 Å². The third kappa shape index (κ3) is 2.75. The van der Waals surface area contributed by atoms with Gasteiger partial charge in [-0.1, -0.05) is 6.42 Å². The molecule has 3 saturated carbocycles. The molecule has 0 unspecified atom stereocenters. The number of hydrogen-bond donors (Lipinski definition) is 1. The molecule has 4 rings (SSSR count). The summed E-state index contributed by atoms with van der Waals surface area (Å²) in [7, 11) is 1.56. The van der Waals surface area contributed by atoms with Crippen LogP contribution >= 0.6 is 0 Å². The number of rotatable bonds is 4. The molecule has 3 aliphatic carbocycles. The van der Waals surface area contributed by atoms with E-state index in [1.165, 1.54) is 4.68 Å². The third-order valence-electron chi connectivity index (χ3n) is 5.94. The molecule has 0 aromatic carbocycles. The fraction of sp³-hybridized carbons (Fsp3) is 0.765. The summed E-state index contributed by atoms with van der Waals surface area (Å²) >= 11 is 0. The number of alkyl halides is 4. The van der Waals surface area contributed by atoms with Gasteiger partial charge in [0.15, 0.2) is 0 Å². The van der Waals surface area contributed by atoms with Gasteiger partial charge in [0.25, 0.3) is 5.92 Å². The van der Waals surface area contributed by atoms with Gasteiger partial charge >= 0.3 is 6.09 Å². The van der Waals surface area contributed by atoms with Gasteiger partial charge in [0.1, 0.15) is 5.82 Å². The summed E-state index contributed by atoms with van der Waals surface area (Å²) in [6, 6.07) is -0.813. The van der Waals surface area contributed by atoms with Crippen molar-refractivity contribution in [1.29, 1.82) is 0 Å². The third-order valence-corrected chi connectivity index (χ3v) is 5.94. The molecule has 0 bridgehead atoms. The fourth-order valence-electron chi connectivity index (χ4n) is 4.31. The summed E-state index contributed by atoms with van der Waals surface area (Å²) in [4.78, 5) is 12.8. The SMILES string of the molecule is Cn1nc(C2CC(F)(F)C2)c(C2CCC2)c1N(C(=O)O)C1CC(F)(F)C1. The minimum Gasteiger partial charge on any atom is -0.465 e. The van der Waals surface area contributed by atoms with Crippen LogP contribution in [0.15, 0.2) is 0 Å². The molecule has 1 amide bonds. The Hall–Kier alpha value is -1.80. The summed E-state index contributed by atoms with van der Waals surface area (Å²) in [5.41, 5.74) is 1.20. The van der Waals surface area contributed by atoms with Crippen LogP contribution in [-0.2, 0) is 7.05 Å². The van der Waals surface area contributed by atoms with Crippen molar-refractivity contribution >= 4 is 11.9 Å². The number of carboxylic acid groups (broad SMARTS) is 1. The zero-order valence-corrected chi connectivity index (χ0v) is 14.4. The minimum atomic E-state index is -2.85. The molecule has 0 spiro atoms. The normalized spacial score (nSPS) is 25.3. The maximum atomic E-state index is 13.4. The predicted octanol–water partition coefficient (Wildman–Crippen LogP) is 4.48. The number of halogens is 4. The van der Waals surface area contributed by atoms with Gasteiger partial charge in [-0.25, -0.2) is 22.4 Å². The van der Waals surface area contributed by atoms with Gasteiger partial charge in [-0.3, -0.25) is 9.58 Å². The highest BCUT2D eigenvalue weighted by Crippen LogP contribution is 2.54. The highest BCUT2D eigenvalue weighted by Gasteiger charge is 2.53. The fourth-order valence-corrected chi connectivity index (χ4v) is 4.31. The predicted molar refractivity (Wildman–Crippen MR) is 85.2 cm³/mol. The molecule has 0 radical (unpaired) electrons. The van der Waals surface area contributed by atoms with Crippen molar-refractivity contribution in [2.45, 2.75) is 74.7 Å². The number of aromatic nitrogens is 2. The highest BCUT2D eigenvalue weighted by atomic mass is 19.3. The number of amides is 1. The summed E-state index contributed by atoms with van der Waals surface area (Å²) < 4.78 is 54.7. The quantitative estimate of drug-likeness (QED) is 0.790. The van der Waals surface area contributed by atoms with E-state index in [-0.39, 0.29) is 24.6 Å². The van der Waals surface area contributed by atoms with E-state index in [1.54, 1.807) is 7.05 Å². The summed E-state index contributed by atoms with van der Waals surface area (Å²) in [6.07, 6.45) is -0.286. The number of nitrogens with zero attached hydrogens (tertiary/aromatic N) is 3. The van der Waals surface area contributed by atoms with Crippen molar-refractivity contribution in [2.24, 2.45) is 7.05 Å². The van der Waals surface area contributed by atoms with Crippen LogP contribution in [0.3, 0.4) is 0 Å². The minimum absolute atomic E-state index is 0.0605. The van der Waals surface area contributed by atoms with Crippen LogP contribution in [0.2, 0.25) is 0 Å². The Kier molecular flexibility index (Phi) is 3.79. The lowest BCUT2D eigenvalue weighted by Gasteiger charge is -2.42. The molecular formula is C17H21F4N3O2. The zero-order chi connectivity index (χ0) is 18.9. The van der Waals surface area contributed by atoms with E-state index in [1.807, 2.05) is 0 Å². The molecule has 9 heteroatoms. The number of carbonyl (C=O) groups is 1. The second-order valence-corrected chi connectivity index (χ2v) is 7.91. The molecule has 26 heavy (non-hydrogen) atoms. The zero-order valence-electron chi connectivity index (χ0n) is 14.4. The second-order valence-electron chi connectivity index (χ2n) is 7.91. The lowest BCUT2D eigenvalue weighted by atomic mass is 9.72. The first-order valence-corrected chi connectivity index (χ1v) is 8.92. The van der Waals surface area contributed by atoms with E-state index >= 15 is 0 Å². The number of hydrogen-bond acceptors (Lipinski definition) is 2. The van der Waals surface area contributed by atoms with Crippen LogP contribution in [0.25, 0.3) is 0 Å². The van der Waals surface area contributed by atoms with E-state index in [0.717, 1.165) is 24.2 Å². The molecule has 5 nitrogen and oxygen atoms in total. The molecule has 3 aliphatic rings. The Morgan fingerprint density at radius 3 is 2.12 bits per heavy atom. The van der Waals surface area contributed by atoms with Crippen molar-refractivity contribution in [2.75, 3.05) is 4.90 Å². The Morgan fingerprint density at radius 2 is 1.69 bits per heavy atom. The van der Waals surface area contributed by atoms with Crippen LogP contribution in [0.4, 0.5) is 28.2 Å². The van der Waals surface area contributed by atoms with Crippen molar-refractivity contribution in [1.82, 2.24) is 9.78 Å². The lowest BCUT2D eigenvalue weighted by molar-refractivity contribution is -0.0881. The molecule has 1 N–H and O–H groups in total. The van der Waals surface area contributed by atoms with E-state index in [9.17, 15) is 27.5 Å². The lowest BCUT2D eigenvalue weighted by Crippen LogP contribution is -2.53. The molecule has 1 aromatic heterocycles. The first kappa shape index (κ1) is 17.6. The van der Waals surface area contributed by atoms with Gasteiger partial charge in [-0.05, 0) is 18.8 Å².